The maximum absolute atomic E-state index is 14.5. The average molecular weight is 500 g/mol. The van der Waals surface area contributed by atoms with Gasteiger partial charge in [0.05, 0.1) is 11.2 Å². The molecule has 0 saturated carbocycles. The second-order valence-corrected chi connectivity index (χ2v) is 8.39. The van der Waals surface area contributed by atoms with Crippen LogP contribution in [0, 0.1) is 5.82 Å². The zero-order valence-corrected chi connectivity index (χ0v) is 19.6. The van der Waals surface area contributed by atoms with Gasteiger partial charge in [-0.1, -0.05) is 41.9 Å². The lowest BCUT2D eigenvalue weighted by molar-refractivity contribution is -0.116. The van der Waals surface area contributed by atoms with Gasteiger partial charge in [-0.3, -0.25) is 9.36 Å². The van der Waals surface area contributed by atoms with Gasteiger partial charge in [-0.15, -0.1) is 0 Å². The first-order chi connectivity index (χ1) is 17.5. The van der Waals surface area contributed by atoms with Gasteiger partial charge in [0.25, 0.3) is 0 Å². The van der Waals surface area contributed by atoms with Crippen molar-refractivity contribution < 1.29 is 13.9 Å². The van der Waals surface area contributed by atoms with Gasteiger partial charge in [0, 0.05) is 21.7 Å². The Labute approximate surface area is 210 Å². The number of para-hydroxylation sites is 1. The summed E-state index contributed by atoms with van der Waals surface area (Å²) >= 11 is 6.19. The SMILES string of the molecule is O=C(Cn1c(=O)nc(-c2ccccc2F)c2cc(Cl)ccc21)Nc1ccc(Oc2ccccc2)cc1. The predicted molar refractivity (Wildman–Crippen MR) is 138 cm³/mol. The van der Waals surface area contributed by atoms with Gasteiger partial charge in [0.15, 0.2) is 0 Å². The minimum atomic E-state index is -0.676. The zero-order valence-electron chi connectivity index (χ0n) is 18.8. The molecule has 0 aliphatic carbocycles. The van der Waals surface area contributed by atoms with Gasteiger partial charge in [0.1, 0.15) is 23.9 Å². The molecule has 0 aliphatic rings. The van der Waals surface area contributed by atoms with Gasteiger partial charge in [0.2, 0.25) is 5.91 Å². The lowest BCUT2D eigenvalue weighted by atomic mass is 10.1. The zero-order chi connectivity index (χ0) is 25.1. The average Bonchev–Trinajstić information content (AvgIpc) is 2.88. The molecule has 1 amide bonds. The molecule has 1 heterocycles. The van der Waals surface area contributed by atoms with Crippen molar-refractivity contribution in [2.75, 3.05) is 5.32 Å². The third kappa shape index (κ3) is 4.96. The minimum Gasteiger partial charge on any atom is -0.457 e. The van der Waals surface area contributed by atoms with Crippen LogP contribution in [-0.4, -0.2) is 15.5 Å². The standard InChI is InChI=1S/C28H19ClFN3O3/c29-18-10-15-25-23(16-18)27(22-8-4-5-9-24(22)30)32-28(35)33(25)17-26(34)31-19-11-13-21(14-12-19)36-20-6-2-1-3-7-20/h1-16H,17H2,(H,31,34). The second-order valence-electron chi connectivity index (χ2n) is 7.96. The summed E-state index contributed by atoms with van der Waals surface area (Å²) < 4.78 is 21.5. The van der Waals surface area contributed by atoms with Gasteiger partial charge in [-0.05, 0) is 66.7 Å². The Morgan fingerprint density at radius 2 is 1.61 bits per heavy atom. The van der Waals surface area contributed by atoms with Crippen LogP contribution in [0.4, 0.5) is 10.1 Å². The van der Waals surface area contributed by atoms with Gasteiger partial charge < -0.3 is 10.1 Å². The summed E-state index contributed by atoms with van der Waals surface area (Å²) in [4.78, 5) is 29.8. The number of ether oxygens (including phenoxy) is 1. The molecule has 0 unspecified atom stereocenters. The quantitative estimate of drug-likeness (QED) is 0.298. The molecule has 5 aromatic rings. The molecule has 178 valence electrons. The normalized spacial score (nSPS) is 10.8. The number of anilines is 1. The Hall–Kier alpha value is -4.49. The van der Waals surface area contributed by atoms with E-state index in [1.807, 2.05) is 30.3 Å². The van der Waals surface area contributed by atoms with E-state index >= 15 is 0 Å². The predicted octanol–water partition coefficient (Wildman–Crippen LogP) is 6.29. The van der Waals surface area contributed by atoms with E-state index in [1.165, 1.54) is 10.6 Å². The van der Waals surface area contributed by atoms with Crippen LogP contribution < -0.4 is 15.7 Å². The maximum Gasteiger partial charge on any atom is 0.349 e. The molecular weight excluding hydrogens is 481 g/mol. The fraction of sp³-hybridized carbons (Fsp3) is 0.0357. The van der Waals surface area contributed by atoms with Crippen LogP contribution >= 0.6 is 11.6 Å². The van der Waals surface area contributed by atoms with E-state index in [2.05, 4.69) is 10.3 Å². The summed E-state index contributed by atoms with van der Waals surface area (Å²) in [6.45, 7) is -0.288. The molecule has 1 aromatic heterocycles. The van der Waals surface area contributed by atoms with E-state index in [0.717, 1.165) is 0 Å². The van der Waals surface area contributed by atoms with E-state index in [4.69, 9.17) is 16.3 Å². The summed E-state index contributed by atoms with van der Waals surface area (Å²) in [5.74, 6) is 0.379. The first-order valence-electron chi connectivity index (χ1n) is 11.1. The number of nitrogens with one attached hydrogen (secondary N) is 1. The minimum absolute atomic E-state index is 0.168. The van der Waals surface area contributed by atoms with Crippen LogP contribution in [0.2, 0.25) is 5.02 Å². The van der Waals surface area contributed by atoms with Crippen molar-refractivity contribution in [1.82, 2.24) is 9.55 Å². The van der Waals surface area contributed by atoms with Crippen LogP contribution in [0.25, 0.3) is 22.2 Å². The summed E-state index contributed by atoms with van der Waals surface area (Å²) in [6.07, 6.45) is 0. The molecule has 4 aromatic carbocycles. The van der Waals surface area contributed by atoms with Crippen molar-refractivity contribution in [3.05, 3.63) is 118 Å². The molecular formula is C28H19ClFN3O3. The molecule has 5 rings (SSSR count). The molecule has 0 atom stereocenters. The monoisotopic (exact) mass is 499 g/mol. The first-order valence-corrected chi connectivity index (χ1v) is 11.4. The molecule has 0 spiro atoms. The largest absolute Gasteiger partial charge is 0.457 e. The Kier molecular flexibility index (Phi) is 6.47. The van der Waals surface area contributed by atoms with Crippen LogP contribution in [0.3, 0.4) is 0 Å². The van der Waals surface area contributed by atoms with Crippen LogP contribution in [-0.2, 0) is 11.3 Å². The Balaban J connectivity index is 1.40. The molecule has 0 bridgehead atoms. The van der Waals surface area contributed by atoms with Crippen LogP contribution in [0.1, 0.15) is 0 Å². The van der Waals surface area contributed by atoms with Gasteiger partial charge >= 0.3 is 5.69 Å². The molecule has 1 N–H and O–H groups in total. The lowest BCUT2D eigenvalue weighted by Crippen LogP contribution is -2.30. The van der Waals surface area contributed by atoms with E-state index < -0.39 is 17.4 Å². The van der Waals surface area contributed by atoms with E-state index in [1.54, 1.807) is 60.7 Å². The molecule has 0 fully saturated rings. The number of hydrogen-bond donors (Lipinski definition) is 1. The Morgan fingerprint density at radius 1 is 0.917 bits per heavy atom. The number of rotatable bonds is 6. The van der Waals surface area contributed by atoms with Crippen LogP contribution in [0.15, 0.2) is 102 Å². The number of hydrogen-bond acceptors (Lipinski definition) is 4. The molecule has 36 heavy (non-hydrogen) atoms. The van der Waals surface area contributed by atoms with E-state index in [0.29, 0.717) is 33.1 Å². The van der Waals surface area contributed by atoms with E-state index in [-0.39, 0.29) is 17.8 Å². The highest BCUT2D eigenvalue weighted by molar-refractivity contribution is 6.31. The highest BCUT2D eigenvalue weighted by Crippen LogP contribution is 2.29. The number of fused-ring (bicyclic) bond motifs is 1. The number of carbonyl (C=O) groups is 1. The van der Waals surface area contributed by atoms with Gasteiger partial charge in [-0.25, -0.2) is 9.18 Å². The van der Waals surface area contributed by atoms with Gasteiger partial charge in [-0.2, -0.15) is 4.98 Å². The number of halogens is 2. The highest BCUT2D eigenvalue weighted by atomic mass is 35.5. The summed E-state index contributed by atoms with van der Waals surface area (Å²) in [7, 11) is 0. The lowest BCUT2D eigenvalue weighted by Gasteiger charge is -2.14. The van der Waals surface area contributed by atoms with Crippen molar-refractivity contribution >= 4 is 34.1 Å². The fourth-order valence-electron chi connectivity index (χ4n) is 3.84. The third-order valence-corrected chi connectivity index (χ3v) is 5.73. The third-order valence-electron chi connectivity index (χ3n) is 5.49. The Morgan fingerprint density at radius 3 is 2.36 bits per heavy atom. The van der Waals surface area contributed by atoms with Crippen molar-refractivity contribution in [3.8, 4) is 22.8 Å². The highest BCUT2D eigenvalue weighted by Gasteiger charge is 2.17. The first kappa shape index (κ1) is 23.3. The van der Waals surface area contributed by atoms with Crippen molar-refractivity contribution in [2.24, 2.45) is 0 Å². The maximum atomic E-state index is 14.5. The second kappa shape index (κ2) is 10.0. The fourth-order valence-corrected chi connectivity index (χ4v) is 4.01. The number of aromatic nitrogens is 2. The number of nitrogens with zero attached hydrogens (tertiary/aromatic N) is 2. The van der Waals surface area contributed by atoms with Crippen molar-refractivity contribution in [2.45, 2.75) is 6.54 Å². The Bertz CT molecular complexity index is 1620. The summed E-state index contributed by atoms with van der Waals surface area (Å²) in [5, 5.41) is 3.63. The number of carbonyl (C=O) groups excluding carboxylic acids is 1. The summed E-state index contributed by atoms with van der Waals surface area (Å²) in [5.41, 5.74) is 0.624. The smallest absolute Gasteiger partial charge is 0.349 e. The number of benzene rings is 4. The molecule has 8 heteroatoms. The van der Waals surface area contributed by atoms with Crippen molar-refractivity contribution in [1.29, 1.82) is 0 Å². The summed E-state index contributed by atoms with van der Waals surface area (Å²) in [6, 6.07) is 27.1. The van der Waals surface area contributed by atoms with Crippen LogP contribution in [0.5, 0.6) is 11.5 Å². The molecule has 0 saturated heterocycles. The molecule has 0 aliphatic heterocycles. The molecule has 6 nitrogen and oxygen atoms in total. The molecule has 0 radical (unpaired) electrons. The van der Waals surface area contributed by atoms with Crippen molar-refractivity contribution in [3.63, 3.8) is 0 Å². The van der Waals surface area contributed by atoms with E-state index in [9.17, 15) is 14.0 Å². The number of amides is 1. The topological polar surface area (TPSA) is 73.2 Å².